The summed E-state index contributed by atoms with van der Waals surface area (Å²) in [4.78, 5) is 0.0354. The molecular weight excluding hydrogens is 318 g/mol. The third kappa shape index (κ3) is 4.52. The van der Waals surface area contributed by atoms with Crippen LogP contribution in [0, 0.1) is 0 Å². The van der Waals surface area contributed by atoms with E-state index in [-0.39, 0.29) is 4.90 Å². The van der Waals surface area contributed by atoms with Crippen LogP contribution in [0.15, 0.2) is 53.4 Å². The fraction of sp³-hybridized carbons (Fsp3) is 0.133. The number of nitrogens with two attached hydrogens (primary N) is 1. The summed E-state index contributed by atoms with van der Waals surface area (Å²) >= 11 is 5.23. The molecule has 0 aliphatic heterocycles. The van der Waals surface area contributed by atoms with E-state index in [1.165, 1.54) is 17.7 Å². The lowest BCUT2D eigenvalue weighted by atomic mass is 10.1. The highest BCUT2D eigenvalue weighted by Gasteiger charge is 2.08. The van der Waals surface area contributed by atoms with E-state index in [2.05, 4.69) is 17.6 Å². The Labute approximate surface area is 135 Å². The van der Waals surface area contributed by atoms with Crippen molar-refractivity contribution in [1.29, 1.82) is 0 Å². The molecule has 0 aliphatic carbocycles. The number of primary sulfonamides is 1. The lowest BCUT2D eigenvalue weighted by molar-refractivity contribution is 0.598. The van der Waals surface area contributed by atoms with Gasteiger partial charge in [0.25, 0.3) is 0 Å². The third-order valence-electron chi connectivity index (χ3n) is 3.01. The van der Waals surface area contributed by atoms with Gasteiger partial charge < -0.3 is 10.6 Å². The molecule has 0 radical (unpaired) electrons. The molecule has 0 aromatic heterocycles. The van der Waals surface area contributed by atoms with Crippen LogP contribution in [0.5, 0.6) is 0 Å². The van der Waals surface area contributed by atoms with Gasteiger partial charge >= 0.3 is 0 Å². The van der Waals surface area contributed by atoms with Crippen LogP contribution in [0.4, 0.5) is 11.4 Å². The van der Waals surface area contributed by atoms with Gasteiger partial charge in [0.2, 0.25) is 10.0 Å². The summed E-state index contributed by atoms with van der Waals surface area (Å²) in [5.74, 6) is 0. The molecular formula is C15H17N3O2S2. The van der Waals surface area contributed by atoms with E-state index >= 15 is 0 Å². The van der Waals surface area contributed by atoms with Crippen molar-refractivity contribution in [2.24, 2.45) is 5.14 Å². The van der Waals surface area contributed by atoms with E-state index in [0.29, 0.717) is 10.8 Å². The average molecular weight is 335 g/mol. The van der Waals surface area contributed by atoms with Crippen LogP contribution < -0.4 is 15.8 Å². The van der Waals surface area contributed by atoms with Crippen LogP contribution in [0.25, 0.3) is 0 Å². The minimum Gasteiger partial charge on any atom is -0.332 e. The Hall–Kier alpha value is -1.96. The standard InChI is InChI=1S/C15H17N3O2S2/c1-2-11-5-3-6-12(9-11)17-15(21)18-13-7-4-8-14(10-13)22(16,19)20/h3-10H,2H2,1H3,(H2,16,19,20)(H2,17,18,21). The smallest absolute Gasteiger partial charge is 0.238 e. The molecule has 7 heteroatoms. The molecule has 116 valence electrons. The maximum absolute atomic E-state index is 11.3. The first-order chi connectivity index (χ1) is 10.4. The number of nitrogens with one attached hydrogen (secondary N) is 2. The fourth-order valence-electron chi connectivity index (χ4n) is 1.91. The molecule has 0 fully saturated rings. The van der Waals surface area contributed by atoms with Crippen LogP contribution in [0.1, 0.15) is 12.5 Å². The van der Waals surface area contributed by atoms with E-state index in [0.717, 1.165) is 12.1 Å². The van der Waals surface area contributed by atoms with Gasteiger partial charge in [0.15, 0.2) is 5.11 Å². The zero-order valence-corrected chi connectivity index (χ0v) is 13.7. The van der Waals surface area contributed by atoms with Crippen molar-refractivity contribution in [2.45, 2.75) is 18.2 Å². The fourth-order valence-corrected chi connectivity index (χ4v) is 2.71. The van der Waals surface area contributed by atoms with E-state index in [9.17, 15) is 8.42 Å². The van der Waals surface area contributed by atoms with Crippen molar-refractivity contribution in [3.05, 3.63) is 54.1 Å². The molecule has 0 spiro atoms. The Kier molecular flexibility index (Phi) is 5.12. The first-order valence-electron chi connectivity index (χ1n) is 6.68. The number of benzene rings is 2. The quantitative estimate of drug-likeness (QED) is 0.748. The number of hydrogen-bond donors (Lipinski definition) is 3. The Bertz CT molecular complexity index is 789. The number of thiocarbonyl (C=S) groups is 1. The third-order valence-corrected chi connectivity index (χ3v) is 4.13. The van der Waals surface area contributed by atoms with Gasteiger partial charge in [0.1, 0.15) is 0 Å². The largest absolute Gasteiger partial charge is 0.332 e. The summed E-state index contributed by atoms with van der Waals surface area (Å²) in [6.45, 7) is 2.08. The highest BCUT2D eigenvalue weighted by atomic mass is 32.2. The summed E-state index contributed by atoms with van der Waals surface area (Å²) < 4.78 is 22.7. The molecule has 0 bridgehead atoms. The van der Waals surface area contributed by atoms with Crippen LogP contribution in [-0.4, -0.2) is 13.5 Å². The summed E-state index contributed by atoms with van der Waals surface area (Å²) in [7, 11) is -3.73. The van der Waals surface area contributed by atoms with Gasteiger partial charge in [-0.25, -0.2) is 13.6 Å². The van der Waals surface area contributed by atoms with Gasteiger partial charge in [-0.2, -0.15) is 0 Å². The monoisotopic (exact) mass is 335 g/mol. The molecule has 22 heavy (non-hydrogen) atoms. The Balaban J connectivity index is 2.09. The number of hydrogen-bond acceptors (Lipinski definition) is 3. The van der Waals surface area contributed by atoms with Gasteiger partial charge in [-0.1, -0.05) is 25.1 Å². The predicted octanol–water partition coefficient (Wildman–Crippen LogP) is 2.71. The van der Waals surface area contributed by atoms with Gasteiger partial charge in [-0.15, -0.1) is 0 Å². The molecule has 0 aliphatic rings. The second kappa shape index (κ2) is 6.87. The average Bonchev–Trinajstić information content (AvgIpc) is 2.46. The van der Waals surface area contributed by atoms with E-state index in [4.69, 9.17) is 17.4 Å². The first kappa shape index (κ1) is 16.4. The van der Waals surface area contributed by atoms with Gasteiger partial charge in [-0.3, -0.25) is 0 Å². The molecule has 5 nitrogen and oxygen atoms in total. The second-order valence-electron chi connectivity index (χ2n) is 4.71. The molecule has 2 rings (SSSR count). The summed E-state index contributed by atoms with van der Waals surface area (Å²) in [5.41, 5.74) is 2.62. The maximum Gasteiger partial charge on any atom is 0.238 e. The van der Waals surface area contributed by atoms with E-state index in [1.807, 2.05) is 24.3 Å². The molecule has 0 unspecified atom stereocenters. The topological polar surface area (TPSA) is 84.2 Å². The van der Waals surface area contributed by atoms with Crippen molar-refractivity contribution < 1.29 is 8.42 Å². The normalized spacial score (nSPS) is 11.0. The van der Waals surface area contributed by atoms with Crippen molar-refractivity contribution in [2.75, 3.05) is 10.6 Å². The van der Waals surface area contributed by atoms with Crippen molar-refractivity contribution in [3.63, 3.8) is 0 Å². The van der Waals surface area contributed by atoms with Gasteiger partial charge in [0, 0.05) is 11.4 Å². The Morgan fingerprint density at radius 2 is 1.68 bits per heavy atom. The molecule has 0 saturated heterocycles. The van der Waals surface area contributed by atoms with Crippen LogP contribution in [-0.2, 0) is 16.4 Å². The molecule has 2 aromatic carbocycles. The minimum atomic E-state index is -3.73. The molecule has 0 atom stereocenters. The molecule has 0 saturated carbocycles. The maximum atomic E-state index is 11.3. The summed E-state index contributed by atoms with van der Waals surface area (Å²) in [6, 6.07) is 14.1. The van der Waals surface area contributed by atoms with Crippen molar-refractivity contribution >= 4 is 38.7 Å². The molecule has 2 aromatic rings. The lowest BCUT2D eigenvalue weighted by Gasteiger charge is -2.12. The highest BCUT2D eigenvalue weighted by molar-refractivity contribution is 7.89. The van der Waals surface area contributed by atoms with Crippen molar-refractivity contribution in [1.82, 2.24) is 0 Å². The lowest BCUT2D eigenvalue weighted by Crippen LogP contribution is -2.19. The summed E-state index contributed by atoms with van der Waals surface area (Å²) in [6.07, 6.45) is 0.937. The number of aryl methyl sites for hydroxylation is 1. The zero-order chi connectivity index (χ0) is 16.2. The van der Waals surface area contributed by atoms with E-state index < -0.39 is 10.0 Å². The second-order valence-corrected chi connectivity index (χ2v) is 6.68. The van der Waals surface area contributed by atoms with Gasteiger partial charge in [0.05, 0.1) is 4.90 Å². The van der Waals surface area contributed by atoms with Crippen LogP contribution in [0.2, 0.25) is 0 Å². The molecule has 0 heterocycles. The van der Waals surface area contributed by atoms with Crippen molar-refractivity contribution in [3.8, 4) is 0 Å². The zero-order valence-electron chi connectivity index (χ0n) is 12.0. The Morgan fingerprint density at radius 3 is 2.27 bits per heavy atom. The Morgan fingerprint density at radius 1 is 1.09 bits per heavy atom. The molecule has 0 amide bonds. The number of rotatable bonds is 4. The predicted molar refractivity (Wildman–Crippen MR) is 93.5 cm³/mol. The minimum absolute atomic E-state index is 0.0354. The molecule has 4 N–H and O–H groups in total. The van der Waals surface area contributed by atoms with Crippen LogP contribution >= 0.6 is 12.2 Å². The number of anilines is 2. The SMILES string of the molecule is CCc1cccc(NC(=S)Nc2cccc(S(N)(=O)=O)c2)c1. The van der Waals surface area contributed by atoms with Crippen LogP contribution in [0.3, 0.4) is 0 Å². The van der Waals surface area contributed by atoms with Gasteiger partial charge in [-0.05, 0) is 54.5 Å². The first-order valence-corrected chi connectivity index (χ1v) is 8.64. The summed E-state index contributed by atoms with van der Waals surface area (Å²) in [5, 5.41) is 11.5. The highest BCUT2D eigenvalue weighted by Crippen LogP contribution is 2.15. The number of sulfonamides is 1. The van der Waals surface area contributed by atoms with E-state index in [1.54, 1.807) is 12.1 Å².